The standard InChI is InChI=1S/C12H11NO2S/c1-8-9(7-12(14)15)4-5-10(13-8)11-3-2-6-16-11/h2-6H,7H2,1H3,(H,14,15). The Morgan fingerprint density at radius 2 is 2.25 bits per heavy atom. The Kier molecular flexibility index (Phi) is 3.01. The zero-order chi connectivity index (χ0) is 11.5. The number of nitrogens with zero attached hydrogens (tertiary/aromatic N) is 1. The molecule has 2 heterocycles. The second-order valence-electron chi connectivity index (χ2n) is 3.49. The maximum Gasteiger partial charge on any atom is 0.307 e. The van der Waals surface area contributed by atoms with Crippen molar-refractivity contribution >= 4 is 17.3 Å². The highest BCUT2D eigenvalue weighted by Crippen LogP contribution is 2.23. The molecule has 0 atom stereocenters. The Morgan fingerprint density at radius 1 is 1.44 bits per heavy atom. The molecule has 0 amide bonds. The van der Waals surface area contributed by atoms with Crippen molar-refractivity contribution in [2.24, 2.45) is 0 Å². The molecule has 1 N–H and O–H groups in total. The molecular weight excluding hydrogens is 222 g/mol. The summed E-state index contributed by atoms with van der Waals surface area (Å²) < 4.78 is 0. The first-order valence-electron chi connectivity index (χ1n) is 4.89. The fraction of sp³-hybridized carbons (Fsp3) is 0.167. The maximum absolute atomic E-state index is 10.6. The molecule has 82 valence electrons. The highest BCUT2D eigenvalue weighted by Gasteiger charge is 2.07. The summed E-state index contributed by atoms with van der Waals surface area (Å²) in [6, 6.07) is 7.69. The van der Waals surface area contributed by atoms with E-state index < -0.39 is 5.97 Å². The van der Waals surface area contributed by atoms with E-state index in [-0.39, 0.29) is 6.42 Å². The van der Waals surface area contributed by atoms with Crippen LogP contribution < -0.4 is 0 Å². The van der Waals surface area contributed by atoms with Gasteiger partial charge in [0.15, 0.2) is 0 Å². The SMILES string of the molecule is Cc1nc(-c2cccs2)ccc1CC(=O)O. The summed E-state index contributed by atoms with van der Waals surface area (Å²) in [6.07, 6.45) is 0.0313. The summed E-state index contributed by atoms with van der Waals surface area (Å²) >= 11 is 1.63. The minimum Gasteiger partial charge on any atom is -0.481 e. The normalized spacial score (nSPS) is 10.3. The number of rotatable bonds is 3. The molecule has 2 aromatic heterocycles. The molecule has 2 aromatic rings. The molecule has 2 rings (SSSR count). The molecule has 0 aromatic carbocycles. The molecule has 16 heavy (non-hydrogen) atoms. The van der Waals surface area contributed by atoms with Gasteiger partial charge in [-0.05, 0) is 30.0 Å². The van der Waals surface area contributed by atoms with Crippen LogP contribution in [0, 0.1) is 6.92 Å². The van der Waals surface area contributed by atoms with Gasteiger partial charge in [0.1, 0.15) is 0 Å². The quantitative estimate of drug-likeness (QED) is 0.886. The lowest BCUT2D eigenvalue weighted by atomic mass is 10.1. The van der Waals surface area contributed by atoms with Crippen molar-refractivity contribution in [3.63, 3.8) is 0 Å². The minimum atomic E-state index is -0.825. The van der Waals surface area contributed by atoms with E-state index in [1.165, 1.54) is 0 Å². The molecule has 0 saturated carbocycles. The molecule has 0 spiro atoms. The lowest BCUT2D eigenvalue weighted by Gasteiger charge is -2.04. The van der Waals surface area contributed by atoms with E-state index >= 15 is 0 Å². The maximum atomic E-state index is 10.6. The van der Waals surface area contributed by atoms with Crippen LogP contribution in [0.5, 0.6) is 0 Å². The third-order valence-electron chi connectivity index (χ3n) is 2.31. The highest BCUT2D eigenvalue weighted by atomic mass is 32.1. The molecule has 0 unspecified atom stereocenters. The Hall–Kier alpha value is -1.68. The molecule has 0 radical (unpaired) electrons. The van der Waals surface area contributed by atoms with Crippen LogP contribution in [-0.2, 0) is 11.2 Å². The van der Waals surface area contributed by atoms with Gasteiger partial charge in [0.05, 0.1) is 17.0 Å². The lowest BCUT2D eigenvalue weighted by molar-refractivity contribution is -0.136. The number of hydrogen-bond acceptors (Lipinski definition) is 3. The summed E-state index contributed by atoms with van der Waals surface area (Å²) in [5.74, 6) is -0.825. The van der Waals surface area contributed by atoms with Crippen LogP contribution in [-0.4, -0.2) is 16.1 Å². The van der Waals surface area contributed by atoms with Gasteiger partial charge in [-0.3, -0.25) is 9.78 Å². The topological polar surface area (TPSA) is 50.2 Å². The van der Waals surface area contributed by atoms with Gasteiger partial charge in [0, 0.05) is 5.69 Å². The van der Waals surface area contributed by atoms with Crippen molar-refractivity contribution < 1.29 is 9.90 Å². The second-order valence-corrected chi connectivity index (χ2v) is 4.44. The minimum absolute atomic E-state index is 0.0313. The number of aliphatic carboxylic acids is 1. The zero-order valence-corrected chi connectivity index (χ0v) is 9.62. The van der Waals surface area contributed by atoms with E-state index in [0.717, 1.165) is 21.8 Å². The second kappa shape index (κ2) is 4.45. The zero-order valence-electron chi connectivity index (χ0n) is 8.80. The Labute approximate surface area is 97.4 Å². The average molecular weight is 233 g/mol. The van der Waals surface area contributed by atoms with Gasteiger partial charge in [-0.15, -0.1) is 11.3 Å². The van der Waals surface area contributed by atoms with Crippen molar-refractivity contribution in [1.29, 1.82) is 0 Å². The molecular formula is C12H11NO2S. The Bertz CT molecular complexity index is 506. The Balaban J connectivity index is 2.33. The molecule has 0 aliphatic heterocycles. The van der Waals surface area contributed by atoms with E-state index in [1.807, 2.05) is 36.6 Å². The largest absolute Gasteiger partial charge is 0.481 e. The summed E-state index contributed by atoms with van der Waals surface area (Å²) in [5.41, 5.74) is 2.46. The van der Waals surface area contributed by atoms with Crippen molar-refractivity contribution in [1.82, 2.24) is 4.98 Å². The molecule has 0 fully saturated rings. The van der Waals surface area contributed by atoms with Crippen molar-refractivity contribution in [3.05, 3.63) is 40.9 Å². The summed E-state index contributed by atoms with van der Waals surface area (Å²) in [4.78, 5) is 16.1. The lowest BCUT2D eigenvalue weighted by Crippen LogP contribution is -2.03. The predicted molar refractivity (Wildman–Crippen MR) is 63.6 cm³/mol. The first-order chi connectivity index (χ1) is 7.66. The van der Waals surface area contributed by atoms with Gasteiger partial charge in [-0.25, -0.2) is 0 Å². The predicted octanol–water partition coefficient (Wildman–Crippen LogP) is 2.75. The van der Waals surface area contributed by atoms with Crippen LogP contribution in [0.15, 0.2) is 29.6 Å². The van der Waals surface area contributed by atoms with E-state index in [4.69, 9.17) is 5.11 Å². The Morgan fingerprint density at radius 3 is 2.81 bits per heavy atom. The number of carbonyl (C=O) groups is 1. The molecule has 4 heteroatoms. The van der Waals surface area contributed by atoms with Crippen LogP contribution in [0.4, 0.5) is 0 Å². The van der Waals surface area contributed by atoms with Gasteiger partial charge in [0.25, 0.3) is 0 Å². The number of hydrogen-bond donors (Lipinski definition) is 1. The molecule has 0 bridgehead atoms. The molecule has 0 saturated heterocycles. The number of pyridine rings is 1. The van der Waals surface area contributed by atoms with Crippen molar-refractivity contribution in [2.45, 2.75) is 13.3 Å². The van der Waals surface area contributed by atoms with Crippen LogP contribution in [0.2, 0.25) is 0 Å². The third-order valence-corrected chi connectivity index (χ3v) is 3.20. The van der Waals surface area contributed by atoms with Crippen molar-refractivity contribution in [2.75, 3.05) is 0 Å². The fourth-order valence-corrected chi connectivity index (χ4v) is 2.20. The number of carboxylic acid groups (broad SMARTS) is 1. The number of thiophene rings is 1. The number of aromatic nitrogens is 1. The molecule has 0 aliphatic carbocycles. The molecule has 3 nitrogen and oxygen atoms in total. The van der Waals surface area contributed by atoms with E-state index in [9.17, 15) is 4.79 Å². The first-order valence-corrected chi connectivity index (χ1v) is 5.77. The monoisotopic (exact) mass is 233 g/mol. The van der Waals surface area contributed by atoms with Crippen LogP contribution in [0.25, 0.3) is 10.6 Å². The van der Waals surface area contributed by atoms with Crippen LogP contribution in [0.1, 0.15) is 11.3 Å². The van der Waals surface area contributed by atoms with Gasteiger partial charge < -0.3 is 5.11 Å². The van der Waals surface area contributed by atoms with E-state index in [0.29, 0.717) is 0 Å². The summed E-state index contributed by atoms with van der Waals surface area (Å²) in [7, 11) is 0. The third kappa shape index (κ3) is 2.28. The van der Waals surface area contributed by atoms with Gasteiger partial charge in [0.2, 0.25) is 0 Å². The van der Waals surface area contributed by atoms with Crippen LogP contribution >= 0.6 is 11.3 Å². The smallest absolute Gasteiger partial charge is 0.307 e. The summed E-state index contributed by atoms with van der Waals surface area (Å²) in [6.45, 7) is 1.84. The van der Waals surface area contributed by atoms with Crippen molar-refractivity contribution in [3.8, 4) is 10.6 Å². The summed E-state index contributed by atoms with van der Waals surface area (Å²) in [5, 5.41) is 10.7. The van der Waals surface area contributed by atoms with Gasteiger partial charge >= 0.3 is 5.97 Å². The van der Waals surface area contributed by atoms with E-state index in [1.54, 1.807) is 11.3 Å². The number of aryl methyl sites for hydroxylation is 1. The first kappa shape index (κ1) is 10.8. The van der Waals surface area contributed by atoms with Crippen LogP contribution in [0.3, 0.4) is 0 Å². The molecule has 0 aliphatic rings. The van der Waals surface area contributed by atoms with E-state index in [2.05, 4.69) is 4.98 Å². The highest BCUT2D eigenvalue weighted by molar-refractivity contribution is 7.13. The van der Waals surface area contributed by atoms with Gasteiger partial charge in [-0.2, -0.15) is 0 Å². The van der Waals surface area contributed by atoms with Gasteiger partial charge in [-0.1, -0.05) is 12.1 Å². The number of carboxylic acids is 1. The fourth-order valence-electron chi connectivity index (χ4n) is 1.50. The average Bonchev–Trinajstić information content (AvgIpc) is 2.73.